The molecule has 0 bridgehead atoms. The van der Waals surface area contributed by atoms with E-state index < -0.39 is 6.10 Å². The van der Waals surface area contributed by atoms with Crippen molar-refractivity contribution in [1.29, 1.82) is 0 Å². The molecular weight excluding hydrogens is 320 g/mol. The molecule has 20 heavy (non-hydrogen) atoms. The van der Waals surface area contributed by atoms with Crippen molar-refractivity contribution in [2.45, 2.75) is 51.4 Å². The Kier molecular flexibility index (Phi) is 4.20. The van der Waals surface area contributed by atoms with Crippen LogP contribution < -0.4 is 4.74 Å². The smallest absolute Gasteiger partial charge is 0.125 e. The molecule has 0 radical (unpaired) electrons. The van der Waals surface area contributed by atoms with Gasteiger partial charge in [-0.3, -0.25) is 0 Å². The van der Waals surface area contributed by atoms with Crippen molar-refractivity contribution < 1.29 is 14.6 Å². The summed E-state index contributed by atoms with van der Waals surface area (Å²) < 4.78 is 12.4. The zero-order valence-electron chi connectivity index (χ0n) is 12.7. The predicted octanol–water partition coefficient (Wildman–Crippen LogP) is 4.08. The summed E-state index contributed by atoms with van der Waals surface area (Å²) >= 11 is 3.42. The molecular formula is C16H23BrO3. The molecule has 1 aromatic carbocycles. The van der Waals surface area contributed by atoms with Crippen LogP contribution in [-0.4, -0.2) is 23.4 Å². The van der Waals surface area contributed by atoms with Crippen LogP contribution in [-0.2, 0) is 4.74 Å². The molecule has 4 heteroatoms. The summed E-state index contributed by atoms with van der Waals surface area (Å²) in [6.45, 7) is 8.22. The first-order valence-electron chi connectivity index (χ1n) is 6.88. The minimum atomic E-state index is -0.602. The van der Waals surface area contributed by atoms with Crippen molar-refractivity contribution in [2.24, 2.45) is 5.92 Å². The molecule has 0 aromatic heterocycles. The second-order valence-electron chi connectivity index (χ2n) is 6.61. The summed E-state index contributed by atoms with van der Waals surface area (Å²) in [4.78, 5) is 0. The fraction of sp³-hybridized carbons (Fsp3) is 0.625. The monoisotopic (exact) mass is 342 g/mol. The van der Waals surface area contributed by atoms with E-state index in [1.807, 2.05) is 32.0 Å². The second kappa shape index (κ2) is 5.32. The van der Waals surface area contributed by atoms with Gasteiger partial charge in [0.1, 0.15) is 5.75 Å². The van der Waals surface area contributed by atoms with Crippen molar-refractivity contribution in [3.05, 3.63) is 28.2 Å². The van der Waals surface area contributed by atoms with E-state index in [1.54, 1.807) is 7.11 Å². The topological polar surface area (TPSA) is 38.7 Å². The average Bonchev–Trinajstić information content (AvgIpc) is 2.56. The Morgan fingerprint density at radius 1 is 1.35 bits per heavy atom. The standard InChI is InChI=1S/C16H23BrO3/c1-15(2)9-12(16(3,4)20-15)14(18)11-7-6-10(17)8-13(11)19-5/h6-8,12,14,18H,9H2,1-5H3. The van der Waals surface area contributed by atoms with E-state index in [4.69, 9.17) is 9.47 Å². The molecule has 2 atom stereocenters. The highest BCUT2D eigenvalue weighted by Crippen LogP contribution is 2.49. The third-order valence-electron chi connectivity index (χ3n) is 4.04. The summed E-state index contributed by atoms with van der Waals surface area (Å²) in [7, 11) is 1.62. The molecule has 1 heterocycles. The summed E-state index contributed by atoms with van der Waals surface area (Å²) in [5, 5.41) is 10.8. The van der Waals surface area contributed by atoms with Crippen molar-refractivity contribution in [3.8, 4) is 5.75 Å². The second-order valence-corrected chi connectivity index (χ2v) is 7.52. The van der Waals surface area contributed by atoms with Gasteiger partial charge in [-0.1, -0.05) is 22.0 Å². The number of rotatable bonds is 3. The van der Waals surface area contributed by atoms with Crippen LogP contribution in [0.3, 0.4) is 0 Å². The van der Waals surface area contributed by atoms with E-state index >= 15 is 0 Å². The highest BCUT2D eigenvalue weighted by molar-refractivity contribution is 9.10. The largest absolute Gasteiger partial charge is 0.496 e. The van der Waals surface area contributed by atoms with Gasteiger partial charge in [-0.15, -0.1) is 0 Å². The number of hydrogen-bond donors (Lipinski definition) is 1. The van der Waals surface area contributed by atoms with Crippen LogP contribution in [0.15, 0.2) is 22.7 Å². The molecule has 2 unspecified atom stereocenters. The molecule has 1 aliphatic heterocycles. The van der Waals surface area contributed by atoms with Crippen molar-refractivity contribution >= 4 is 15.9 Å². The minimum Gasteiger partial charge on any atom is -0.496 e. The third-order valence-corrected chi connectivity index (χ3v) is 4.53. The van der Waals surface area contributed by atoms with E-state index in [0.717, 1.165) is 16.5 Å². The van der Waals surface area contributed by atoms with Crippen LogP contribution in [0.25, 0.3) is 0 Å². The number of benzene rings is 1. The zero-order chi connectivity index (χ0) is 15.1. The molecule has 0 amide bonds. The number of ether oxygens (including phenoxy) is 2. The molecule has 0 aliphatic carbocycles. The lowest BCUT2D eigenvalue weighted by Gasteiger charge is -2.31. The normalized spacial score (nSPS) is 25.4. The van der Waals surface area contributed by atoms with Gasteiger partial charge in [-0.2, -0.15) is 0 Å². The molecule has 1 aliphatic rings. The van der Waals surface area contributed by atoms with Gasteiger partial charge in [0.15, 0.2) is 0 Å². The van der Waals surface area contributed by atoms with Crippen LogP contribution >= 0.6 is 15.9 Å². The Labute approximate surface area is 129 Å². The van der Waals surface area contributed by atoms with E-state index in [1.165, 1.54) is 0 Å². The van der Waals surface area contributed by atoms with E-state index in [0.29, 0.717) is 5.75 Å². The fourth-order valence-electron chi connectivity index (χ4n) is 3.24. The summed E-state index contributed by atoms with van der Waals surface area (Å²) in [6, 6.07) is 5.72. The van der Waals surface area contributed by atoms with Crippen molar-refractivity contribution in [1.82, 2.24) is 0 Å². The minimum absolute atomic E-state index is 0.0348. The predicted molar refractivity (Wildman–Crippen MR) is 83.0 cm³/mol. The molecule has 1 fully saturated rings. The highest BCUT2D eigenvalue weighted by atomic mass is 79.9. The Morgan fingerprint density at radius 3 is 2.50 bits per heavy atom. The Hall–Kier alpha value is -0.580. The summed E-state index contributed by atoms with van der Waals surface area (Å²) in [6.07, 6.45) is 0.218. The zero-order valence-corrected chi connectivity index (χ0v) is 14.3. The molecule has 0 saturated carbocycles. The lowest BCUT2D eigenvalue weighted by atomic mass is 9.80. The average molecular weight is 343 g/mol. The van der Waals surface area contributed by atoms with Crippen LogP contribution in [0.2, 0.25) is 0 Å². The number of methoxy groups -OCH3 is 1. The van der Waals surface area contributed by atoms with Crippen LogP contribution in [0.5, 0.6) is 5.75 Å². The SMILES string of the molecule is COc1cc(Br)ccc1C(O)C1CC(C)(C)OC1(C)C. The van der Waals surface area contributed by atoms with Gasteiger partial charge in [-0.25, -0.2) is 0 Å². The first-order valence-corrected chi connectivity index (χ1v) is 7.67. The lowest BCUT2D eigenvalue weighted by Crippen LogP contribution is -2.32. The first-order chi connectivity index (χ1) is 9.16. The maximum absolute atomic E-state index is 10.8. The lowest BCUT2D eigenvalue weighted by molar-refractivity contribution is -0.0881. The first kappa shape index (κ1) is 15.8. The van der Waals surface area contributed by atoms with E-state index in [2.05, 4.69) is 29.8 Å². The van der Waals surface area contributed by atoms with Gasteiger partial charge in [0.2, 0.25) is 0 Å². The van der Waals surface area contributed by atoms with Gasteiger partial charge < -0.3 is 14.6 Å². The molecule has 1 aromatic rings. The summed E-state index contributed by atoms with van der Waals surface area (Å²) in [5.41, 5.74) is 0.244. The van der Waals surface area contributed by atoms with Gasteiger partial charge >= 0.3 is 0 Å². The molecule has 2 rings (SSSR count). The van der Waals surface area contributed by atoms with Gasteiger partial charge in [-0.05, 0) is 46.2 Å². The summed E-state index contributed by atoms with van der Waals surface area (Å²) in [5.74, 6) is 0.736. The number of halogens is 1. The molecule has 1 saturated heterocycles. The van der Waals surface area contributed by atoms with Crippen LogP contribution in [0, 0.1) is 5.92 Å². The molecule has 1 N–H and O–H groups in total. The fourth-order valence-corrected chi connectivity index (χ4v) is 3.58. The highest BCUT2D eigenvalue weighted by Gasteiger charge is 2.49. The third kappa shape index (κ3) is 3.02. The van der Waals surface area contributed by atoms with Gasteiger partial charge in [0.05, 0.1) is 24.4 Å². The van der Waals surface area contributed by atoms with E-state index in [-0.39, 0.29) is 17.1 Å². The molecule has 3 nitrogen and oxygen atoms in total. The number of aliphatic hydroxyl groups is 1. The Bertz CT molecular complexity index is 496. The number of aliphatic hydroxyl groups excluding tert-OH is 1. The maximum atomic E-state index is 10.8. The Balaban J connectivity index is 2.34. The van der Waals surface area contributed by atoms with Crippen LogP contribution in [0.4, 0.5) is 0 Å². The maximum Gasteiger partial charge on any atom is 0.125 e. The quantitative estimate of drug-likeness (QED) is 0.899. The number of hydrogen-bond acceptors (Lipinski definition) is 3. The molecule has 0 spiro atoms. The van der Waals surface area contributed by atoms with Crippen molar-refractivity contribution in [2.75, 3.05) is 7.11 Å². The van der Waals surface area contributed by atoms with Crippen LogP contribution in [0.1, 0.15) is 45.8 Å². The van der Waals surface area contributed by atoms with Gasteiger partial charge in [0.25, 0.3) is 0 Å². The van der Waals surface area contributed by atoms with E-state index in [9.17, 15) is 5.11 Å². The van der Waals surface area contributed by atoms with Gasteiger partial charge in [0, 0.05) is 16.0 Å². The van der Waals surface area contributed by atoms with Crippen molar-refractivity contribution in [3.63, 3.8) is 0 Å². The molecule has 112 valence electrons. The Morgan fingerprint density at radius 2 is 2.00 bits per heavy atom.